The van der Waals surface area contributed by atoms with Gasteiger partial charge in [0.2, 0.25) is 5.95 Å². The molecular weight excluding hydrogens is 395 g/mol. The Labute approximate surface area is 174 Å². The van der Waals surface area contributed by atoms with E-state index >= 15 is 0 Å². The van der Waals surface area contributed by atoms with Crippen LogP contribution in [-0.2, 0) is 6.54 Å². The van der Waals surface area contributed by atoms with Gasteiger partial charge in [0.25, 0.3) is 0 Å². The van der Waals surface area contributed by atoms with Crippen LogP contribution in [0.25, 0.3) is 10.9 Å². The van der Waals surface area contributed by atoms with Crippen LogP contribution in [0.3, 0.4) is 0 Å². The standard InChI is InChI=1S/C21H22Cl2N4O/c22-17-9-16(20(28)18(23)10-17)13-27-7-5-14(6-8-27)11-24-21-25-12-15-3-1-2-4-19(15)26-21/h1-4,9-10,12,14,28H,5-8,11,13H2,(H,24,25,26). The molecule has 4 rings (SSSR count). The van der Waals surface area contributed by atoms with E-state index in [0.717, 1.165) is 48.9 Å². The van der Waals surface area contributed by atoms with E-state index in [1.165, 1.54) is 0 Å². The molecule has 7 heteroatoms. The van der Waals surface area contributed by atoms with Gasteiger partial charge in [-0.25, -0.2) is 9.97 Å². The summed E-state index contributed by atoms with van der Waals surface area (Å²) in [4.78, 5) is 11.3. The number of likely N-dealkylation sites (tertiary alicyclic amines) is 1. The van der Waals surface area contributed by atoms with Crippen LogP contribution in [0.4, 0.5) is 5.95 Å². The summed E-state index contributed by atoms with van der Waals surface area (Å²) in [6.07, 6.45) is 4.02. The third kappa shape index (κ3) is 4.49. The predicted octanol–water partition coefficient (Wildman–Crippen LogP) is 4.97. The molecule has 0 unspecified atom stereocenters. The Morgan fingerprint density at radius 2 is 1.93 bits per heavy atom. The van der Waals surface area contributed by atoms with Crippen LogP contribution in [0.5, 0.6) is 5.75 Å². The molecule has 0 amide bonds. The minimum absolute atomic E-state index is 0.128. The fourth-order valence-electron chi connectivity index (χ4n) is 3.62. The van der Waals surface area contributed by atoms with Crippen molar-refractivity contribution < 1.29 is 5.11 Å². The summed E-state index contributed by atoms with van der Waals surface area (Å²) >= 11 is 12.1. The second kappa shape index (κ2) is 8.52. The molecule has 28 heavy (non-hydrogen) atoms. The van der Waals surface area contributed by atoms with Crippen molar-refractivity contribution in [3.63, 3.8) is 0 Å². The smallest absolute Gasteiger partial charge is 0.223 e. The lowest BCUT2D eigenvalue weighted by Crippen LogP contribution is -2.35. The number of phenols is 1. The number of hydrogen-bond donors (Lipinski definition) is 2. The first kappa shape index (κ1) is 19.2. The van der Waals surface area contributed by atoms with Crippen LogP contribution in [0.15, 0.2) is 42.6 Å². The molecule has 2 aromatic carbocycles. The highest BCUT2D eigenvalue weighted by Crippen LogP contribution is 2.32. The van der Waals surface area contributed by atoms with E-state index in [4.69, 9.17) is 23.2 Å². The van der Waals surface area contributed by atoms with Crippen LogP contribution in [-0.4, -0.2) is 39.6 Å². The first-order valence-electron chi connectivity index (χ1n) is 9.43. The molecule has 5 nitrogen and oxygen atoms in total. The zero-order valence-electron chi connectivity index (χ0n) is 15.4. The second-order valence-corrected chi connectivity index (χ2v) is 8.09. The molecule has 0 spiro atoms. The molecule has 146 valence electrons. The Bertz CT molecular complexity index is 974. The minimum Gasteiger partial charge on any atom is -0.506 e. The zero-order valence-corrected chi connectivity index (χ0v) is 16.9. The number of aromatic hydroxyl groups is 1. The number of phenolic OH excluding ortho intramolecular Hbond substituents is 1. The Morgan fingerprint density at radius 1 is 1.14 bits per heavy atom. The summed E-state index contributed by atoms with van der Waals surface area (Å²) in [5, 5.41) is 15.4. The van der Waals surface area contributed by atoms with Gasteiger partial charge in [-0.2, -0.15) is 0 Å². The van der Waals surface area contributed by atoms with E-state index in [1.807, 2.05) is 30.5 Å². The molecule has 1 fully saturated rings. The number of anilines is 1. The lowest BCUT2D eigenvalue weighted by atomic mass is 9.96. The van der Waals surface area contributed by atoms with Crippen LogP contribution in [0.1, 0.15) is 18.4 Å². The fraction of sp³-hybridized carbons (Fsp3) is 0.333. The van der Waals surface area contributed by atoms with E-state index in [0.29, 0.717) is 28.5 Å². The molecular formula is C21H22Cl2N4O. The van der Waals surface area contributed by atoms with Crippen molar-refractivity contribution in [3.05, 3.63) is 58.2 Å². The molecule has 3 aromatic rings. The van der Waals surface area contributed by atoms with Crippen molar-refractivity contribution in [3.8, 4) is 5.75 Å². The van der Waals surface area contributed by atoms with Gasteiger partial charge in [-0.05, 0) is 50.0 Å². The van der Waals surface area contributed by atoms with E-state index < -0.39 is 0 Å². The monoisotopic (exact) mass is 416 g/mol. The summed E-state index contributed by atoms with van der Waals surface area (Å²) in [7, 11) is 0. The van der Waals surface area contributed by atoms with E-state index in [9.17, 15) is 5.11 Å². The summed E-state index contributed by atoms with van der Waals surface area (Å²) < 4.78 is 0. The normalized spacial score (nSPS) is 15.8. The third-order valence-corrected chi connectivity index (χ3v) is 5.75. The molecule has 2 N–H and O–H groups in total. The number of piperidine rings is 1. The molecule has 0 atom stereocenters. The van der Waals surface area contributed by atoms with Gasteiger partial charge in [-0.15, -0.1) is 0 Å². The van der Waals surface area contributed by atoms with Crippen molar-refractivity contribution >= 4 is 40.1 Å². The van der Waals surface area contributed by atoms with Gasteiger partial charge in [0, 0.05) is 35.3 Å². The van der Waals surface area contributed by atoms with Gasteiger partial charge in [-0.3, -0.25) is 4.90 Å². The minimum atomic E-state index is 0.128. The van der Waals surface area contributed by atoms with Crippen molar-refractivity contribution in [2.75, 3.05) is 25.0 Å². The molecule has 1 aliphatic heterocycles. The van der Waals surface area contributed by atoms with Crippen molar-refractivity contribution in [2.45, 2.75) is 19.4 Å². The van der Waals surface area contributed by atoms with E-state index in [-0.39, 0.29) is 5.75 Å². The highest BCUT2D eigenvalue weighted by atomic mass is 35.5. The van der Waals surface area contributed by atoms with Gasteiger partial charge in [-0.1, -0.05) is 41.4 Å². The molecule has 0 bridgehead atoms. The molecule has 1 aliphatic rings. The number of aromatic nitrogens is 2. The Morgan fingerprint density at radius 3 is 2.75 bits per heavy atom. The van der Waals surface area contributed by atoms with E-state index in [1.54, 1.807) is 12.1 Å². The maximum absolute atomic E-state index is 10.1. The molecule has 1 saturated heterocycles. The second-order valence-electron chi connectivity index (χ2n) is 7.25. The number of rotatable bonds is 5. The first-order valence-corrected chi connectivity index (χ1v) is 10.2. The largest absolute Gasteiger partial charge is 0.506 e. The maximum Gasteiger partial charge on any atom is 0.223 e. The quantitative estimate of drug-likeness (QED) is 0.614. The predicted molar refractivity (Wildman–Crippen MR) is 114 cm³/mol. The van der Waals surface area contributed by atoms with Crippen LogP contribution in [0, 0.1) is 5.92 Å². The first-order chi connectivity index (χ1) is 13.6. The van der Waals surface area contributed by atoms with Gasteiger partial charge >= 0.3 is 0 Å². The number of nitrogens with one attached hydrogen (secondary N) is 1. The number of nitrogens with zero attached hydrogens (tertiary/aromatic N) is 3. The van der Waals surface area contributed by atoms with Gasteiger partial charge in [0.05, 0.1) is 10.5 Å². The molecule has 0 aliphatic carbocycles. The summed E-state index contributed by atoms with van der Waals surface area (Å²) in [5.74, 6) is 1.38. The SMILES string of the molecule is Oc1c(Cl)cc(Cl)cc1CN1CCC(CNc2ncc3ccccc3n2)CC1. The average molecular weight is 417 g/mol. The zero-order chi connectivity index (χ0) is 19.5. The van der Waals surface area contributed by atoms with Crippen molar-refractivity contribution in [2.24, 2.45) is 5.92 Å². The number of para-hydroxylation sites is 1. The van der Waals surface area contributed by atoms with Gasteiger partial charge in [0.1, 0.15) is 5.75 Å². The lowest BCUT2D eigenvalue weighted by Gasteiger charge is -2.32. The summed E-state index contributed by atoms with van der Waals surface area (Å²) in [6, 6.07) is 11.3. The number of hydrogen-bond acceptors (Lipinski definition) is 5. The average Bonchev–Trinajstić information content (AvgIpc) is 2.71. The van der Waals surface area contributed by atoms with E-state index in [2.05, 4.69) is 20.2 Å². The number of halogens is 2. The Hall–Kier alpha value is -2.08. The molecule has 2 heterocycles. The highest BCUT2D eigenvalue weighted by Gasteiger charge is 2.21. The Kier molecular flexibility index (Phi) is 5.85. The molecule has 0 saturated carbocycles. The molecule has 1 aromatic heterocycles. The van der Waals surface area contributed by atoms with Crippen molar-refractivity contribution in [1.82, 2.24) is 14.9 Å². The lowest BCUT2D eigenvalue weighted by molar-refractivity contribution is 0.181. The maximum atomic E-state index is 10.1. The molecule has 0 radical (unpaired) electrons. The van der Waals surface area contributed by atoms with Crippen molar-refractivity contribution in [1.29, 1.82) is 0 Å². The fourth-order valence-corrected chi connectivity index (χ4v) is 4.16. The van der Waals surface area contributed by atoms with Crippen LogP contribution < -0.4 is 5.32 Å². The summed E-state index contributed by atoms with van der Waals surface area (Å²) in [6.45, 7) is 3.45. The third-order valence-electron chi connectivity index (χ3n) is 5.25. The van der Waals surface area contributed by atoms with Gasteiger partial charge in [0.15, 0.2) is 0 Å². The highest BCUT2D eigenvalue weighted by molar-refractivity contribution is 6.35. The van der Waals surface area contributed by atoms with Crippen LogP contribution in [0.2, 0.25) is 10.0 Å². The number of fused-ring (bicyclic) bond motifs is 1. The summed E-state index contributed by atoms with van der Waals surface area (Å²) in [5.41, 5.74) is 1.73. The number of benzene rings is 2. The Balaban J connectivity index is 1.29. The van der Waals surface area contributed by atoms with Crippen LogP contribution >= 0.6 is 23.2 Å². The topological polar surface area (TPSA) is 61.3 Å². The van der Waals surface area contributed by atoms with Gasteiger partial charge < -0.3 is 10.4 Å².